The van der Waals surface area contributed by atoms with Crippen LogP contribution in [0, 0.1) is 0 Å². The average Bonchev–Trinajstić information content (AvgIpc) is 3.01. The molecule has 2 aromatic heterocycles. The number of hydrogen-bond donors (Lipinski definition) is 4. The van der Waals surface area contributed by atoms with Crippen LogP contribution in [-0.4, -0.2) is 117 Å². The topological polar surface area (TPSA) is 241 Å². The molecule has 2 aliphatic heterocycles. The molecule has 0 amide bonds. The van der Waals surface area contributed by atoms with Crippen molar-refractivity contribution in [2.45, 2.75) is 69.4 Å². The summed E-state index contributed by atoms with van der Waals surface area (Å²) in [4.78, 5) is 15.1. The molecule has 2 saturated heterocycles. The number of aliphatic hydroxyl groups is 4. The van der Waals surface area contributed by atoms with E-state index in [1.807, 2.05) is 6.07 Å². The number of aromatic nitrogens is 2. The molecule has 0 aromatic carbocycles. The number of halogens is 2. The molecule has 20 heteroatoms. The van der Waals surface area contributed by atoms with Crippen molar-refractivity contribution in [2.75, 3.05) is 27.4 Å². The highest BCUT2D eigenvalue weighted by molar-refractivity contribution is 9.10. The van der Waals surface area contributed by atoms with Gasteiger partial charge in [-0.05, 0) is 39.1 Å². The fraction of sp³-hybridized carbons (Fsp3) is 0.583. The van der Waals surface area contributed by atoms with Crippen molar-refractivity contribution < 1.29 is 39.4 Å². The summed E-state index contributed by atoms with van der Waals surface area (Å²) in [6.45, 7) is -0.789. The SMILES string of the molecule is CO[C@H]1C(N=[N+]=[N-])[C@@H](O)C(CO)O[C@@H]1Sc1cncc(Br)c1.CO[C@H]1C(N=[N+]=[N-])[C@@H](O)C(CO)O[C@@H]1Sc1cncc(Cl)c1. The molecule has 2 aliphatic rings. The van der Waals surface area contributed by atoms with Crippen LogP contribution in [0.4, 0.5) is 0 Å². The maximum absolute atomic E-state index is 10.1. The number of hydrogen-bond acceptors (Lipinski definition) is 14. The van der Waals surface area contributed by atoms with E-state index in [1.54, 1.807) is 24.7 Å². The molecule has 4 heterocycles. The molecule has 10 atom stereocenters. The van der Waals surface area contributed by atoms with Crippen LogP contribution in [0.1, 0.15) is 0 Å². The Labute approximate surface area is 273 Å². The number of ether oxygens (including phenoxy) is 4. The molecule has 2 fully saturated rings. The molecule has 0 spiro atoms. The Bertz CT molecular complexity index is 1220. The van der Waals surface area contributed by atoms with Gasteiger partial charge in [0, 0.05) is 63.1 Å². The third kappa shape index (κ3) is 9.54. The molecule has 0 aliphatic carbocycles. The van der Waals surface area contributed by atoms with Gasteiger partial charge in [-0.15, -0.1) is 0 Å². The van der Waals surface area contributed by atoms with Crippen LogP contribution < -0.4 is 0 Å². The fourth-order valence-electron chi connectivity index (χ4n) is 4.37. The molecule has 4 N–H and O–H groups in total. The van der Waals surface area contributed by atoms with E-state index in [0.29, 0.717) is 5.02 Å². The van der Waals surface area contributed by atoms with Gasteiger partial charge in [0.1, 0.15) is 35.3 Å². The Hall–Kier alpha value is -1.93. The summed E-state index contributed by atoms with van der Waals surface area (Å²) < 4.78 is 22.8. The lowest BCUT2D eigenvalue weighted by Crippen LogP contribution is -2.57. The number of pyridine rings is 2. The average molecular weight is 738 g/mol. The lowest BCUT2D eigenvalue weighted by molar-refractivity contribution is -0.167. The Balaban J connectivity index is 0.000000240. The molecule has 4 rings (SSSR count). The first-order chi connectivity index (χ1) is 21.2. The van der Waals surface area contributed by atoms with Gasteiger partial charge in [-0.2, -0.15) is 0 Å². The molecule has 16 nitrogen and oxygen atoms in total. The van der Waals surface area contributed by atoms with Gasteiger partial charge < -0.3 is 39.4 Å². The minimum Gasteiger partial charge on any atom is -0.394 e. The van der Waals surface area contributed by atoms with Crippen LogP contribution in [0.3, 0.4) is 0 Å². The number of nitrogens with zero attached hydrogens (tertiary/aromatic N) is 8. The predicted molar refractivity (Wildman–Crippen MR) is 164 cm³/mol. The maximum Gasteiger partial charge on any atom is 0.134 e. The van der Waals surface area contributed by atoms with Gasteiger partial charge in [0.05, 0.1) is 42.5 Å². The summed E-state index contributed by atoms with van der Waals surface area (Å²) >= 11 is 11.8. The maximum atomic E-state index is 10.1. The van der Waals surface area contributed by atoms with Crippen LogP contribution in [0.2, 0.25) is 5.02 Å². The zero-order valence-electron chi connectivity index (χ0n) is 23.2. The molecule has 44 heavy (non-hydrogen) atoms. The van der Waals surface area contributed by atoms with Gasteiger partial charge in [0.15, 0.2) is 0 Å². The smallest absolute Gasteiger partial charge is 0.134 e. The highest BCUT2D eigenvalue weighted by atomic mass is 79.9. The third-order valence-corrected chi connectivity index (χ3v) is 9.28. The molecular formula is C24H30BrClN8O8S2. The Kier molecular flexibility index (Phi) is 15.2. The van der Waals surface area contributed by atoms with E-state index in [2.05, 4.69) is 45.9 Å². The second-order valence-corrected chi connectivity index (χ2v) is 12.8. The second-order valence-electron chi connectivity index (χ2n) is 9.14. The minimum absolute atomic E-state index is 0.386. The van der Waals surface area contributed by atoms with Crippen molar-refractivity contribution in [2.24, 2.45) is 10.2 Å². The van der Waals surface area contributed by atoms with Gasteiger partial charge in [0.25, 0.3) is 0 Å². The third-order valence-electron chi connectivity index (χ3n) is 6.43. The molecule has 0 bridgehead atoms. The Morgan fingerprint density at radius 3 is 1.70 bits per heavy atom. The molecule has 240 valence electrons. The standard InChI is InChI=1S/C12H15BrN4O4S.C12H15ClN4O4S/c2*1-20-11-9(16-17-14)10(19)8(5-18)21-12(11)22-7-2-6(13)3-15-4-7/h2*2-4,8-12,18-19H,5H2,1H3/t2*8?,9?,10-,11-,12+/m00/s1. The molecule has 4 unspecified atom stereocenters. The van der Waals surface area contributed by atoms with Gasteiger partial charge >= 0.3 is 0 Å². The first-order valence-corrected chi connectivity index (χ1v) is 15.7. The van der Waals surface area contributed by atoms with Crippen molar-refractivity contribution in [3.05, 3.63) is 67.3 Å². The minimum atomic E-state index is -1.15. The van der Waals surface area contributed by atoms with Gasteiger partial charge in [-0.25, -0.2) is 0 Å². The first kappa shape index (κ1) is 36.5. The number of rotatable bonds is 10. The van der Waals surface area contributed by atoms with E-state index in [0.717, 1.165) is 14.3 Å². The van der Waals surface area contributed by atoms with Gasteiger partial charge in [-0.3, -0.25) is 9.97 Å². The lowest BCUT2D eigenvalue weighted by atomic mass is 9.98. The Morgan fingerprint density at radius 2 is 1.32 bits per heavy atom. The van der Waals surface area contributed by atoms with E-state index < -0.39 is 66.2 Å². The summed E-state index contributed by atoms with van der Waals surface area (Å²) in [5.41, 5.74) is 16.2. The van der Waals surface area contributed by atoms with Crippen molar-refractivity contribution in [3.63, 3.8) is 0 Å². The molecule has 2 aromatic rings. The first-order valence-electron chi connectivity index (χ1n) is 12.8. The zero-order valence-corrected chi connectivity index (χ0v) is 27.2. The quantitative estimate of drug-likeness (QED) is 0.156. The summed E-state index contributed by atoms with van der Waals surface area (Å²) in [5.74, 6) is 0. The monoisotopic (exact) mass is 736 g/mol. The van der Waals surface area contributed by atoms with E-state index in [-0.39, 0.29) is 6.61 Å². The van der Waals surface area contributed by atoms with Gasteiger partial charge in [-0.1, -0.05) is 45.4 Å². The lowest BCUT2D eigenvalue weighted by Gasteiger charge is -2.41. The molecular weight excluding hydrogens is 708 g/mol. The van der Waals surface area contributed by atoms with Crippen LogP contribution >= 0.6 is 51.1 Å². The van der Waals surface area contributed by atoms with E-state index in [1.165, 1.54) is 43.9 Å². The largest absolute Gasteiger partial charge is 0.394 e. The number of aliphatic hydroxyl groups excluding tert-OH is 4. The highest BCUT2D eigenvalue weighted by Crippen LogP contribution is 2.37. The fourth-order valence-corrected chi connectivity index (χ4v) is 7.51. The summed E-state index contributed by atoms with van der Waals surface area (Å²) in [5, 5.41) is 46.6. The van der Waals surface area contributed by atoms with E-state index >= 15 is 0 Å². The normalized spacial score (nSPS) is 31.5. The van der Waals surface area contributed by atoms with E-state index in [9.17, 15) is 20.4 Å². The van der Waals surface area contributed by atoms with Crippen molar-refractivity contribution in [1.82, 2.24) is 9.97 Å². The van der Waals surface area contributed by atoms with Crippen molar-refractivity contribution in [3.8, 4) is 0 Å². The number of methoxy groups -OCH3 is 2. The number of thioether (sulfide) groups is 2. The molecule has 0 radical (unpaired) electrons. The van der Waals surface area contributed by atoms with Crippen molar-refractivity contribution >= 4 is 51.1 Å². The van der Waals surface area contributed by atoms with Crippen LogP contribution in [0.5, 0.6) is 0 Å². The van der Waals surface area contributed by atoms with Crippen LogP contribution in [0.25, 0.3) is 20.9 Å². The summed E-state index contributed by atoms with van der Waals surface area (Å²) in [7, 11) is 2.89. The Morgan fingerprint density at radius 1 is 0.864 bits per heavy atom. The predicted octanol–water partition coefficient (Wildman–Crippen LogP) is 3.31. The zero-order chi connectivity index (χ0) is 32.2. The van der Waals surface area contributed by atoms with Gasteiger partial charge in [0.2, 0.25) is 0 Å². The number of azide groups is 2. The summed E-state index contributed by atoms with van der Waals surface area (Å²) in [6, 6.07) is 1.84. The molecule has 0 saturated carbocycles. The van der Waals surface area contributed by atoms with Crippen LogP contribution in [-0.2, 0) is 18.9 Å². The van der Waals surface area contributed by atoms with E-state index in [4.69, 9.17) is 41.6 Å². The summed E-state index contributed by atoms with van der Waals surface area (Å²) in [6.07, 6.45) is 1.08. The van der Waals surface area contributed by atoms with Crippen LogP contribution in [0.15, 0.2) is 61.4 Å². The highest BCUT2D eigenvalue weighted by Gasteiger charge is 2.46. The second kappa shape index (κ2) is 18.3. The van der Waals surface area contributed by atoms with Crippen molar-refractivity contribution in [1.29, 1.82) is 0 Å².